The molecule has 0 aliphatic heterocycles. The molecule has 0 saturated heterocycles. The predicted octanol–water partition coefficient (Wildman–Crippen LogP) is -1.18. The third-order valence-electron chi connectivity index (χ3n) is 2.51. The zero-order valence-electron chi connectivity index (χ0n) is 10.3. The zero-order chi connectivity index (χ0) is 13.0. The van der Waals surface area contributed by atoms with E-state index in [2.05, 4.69) is 0 Å². The summed E-state index contributed by atoms with van der Waals surface area (Å²) in [6.45, 7) is 2.21. The minimum atomic E-state index is -0.412. The fourth-order valence-corrected chi connectivity index (χ4v) is 1.56. The predicted molar refractivity (Wildman–Crippen MR) is 64.8 cm³/mol. The van der Waals surface area contributed by atoms with Crippen LogP contribution in [0.25, 0.3) is 0 Å². The van der Waals surface area contributed by atoms with Crippen LogP contribution in [0.2, 0.25) is 0 Å². The van der Waals surface area contributed by atoms with Crippen molar-refractivity contribution in [2.75, 3.05) is 0 Å². The number of hydrogen-bond acceptors (Lipinski definition) is 3. The zero-order valence-corrected chi connectivity index (χ0v) is 11.1. The molecule has 6 heteroatoms. The third kappa shape index (κ3) is 3.93. The number of pyridine rings is 1. The Balaban J connectivity index is 0.00000180. The van der Waals surface area contributed by atoms with Gasteiger partial charge in [0.15, 0.2) is 6.61 Å². The second-order valence-corrected chi connectivity index (χ2v) is 3.87. The largest absolute Gasteiger partial charge is 1.00 e. The van der Waals surface area contributed by atoms with Crippen LogP contribution in [-0.4, -0.2) is 4.92 Å². The molecule has 0 spiro atoms. The summed E-state index contributed by atoms with van der Waals surface area (Å²) in [5.41, 5.74) is 1.80. The van der Waals surface area contributed by atoms with Gasteiger partial charge < -0.3 is 12.4 Å². The summed E-state index contributed by atoms with van der Waals surface area (Å²) in [4.78, 5) is 15.8. The van der Waals surface area contributed by atoms with Gasteiger partial charge in [0.25, 0.3) is 5.69 Å². The van der Waals surface area contributed by atoms with Crippen LogP contribution in [0, 0.1) is 17.0 Å². The normalized spacial score (nSPS) is 9.53. The van der Waals surface area contributed by atoms with Crippen LogP contribution in [0.1, 0.15) is 11.3 Å². The average Bonchev–Trinajstić information content (AvgIpc) is 2.38. The summed E-state index contributed by atoms with van der Waals surface area (Å²) in [6.07, 6.45) is 1.80. The van der Waals surface area contributed by atoms with Crippen molar-refractivity contribution in [1.82, 2.24) is 0 Å². The Hall–Kier alpha value is -2.14. The number of hydrogen-bond donors (Lipinski definition) is 0. The molecule has 0 N–H and O–H groups in total. The van der Waals surface area contributed by atoms with Crippen LogP contribution >= 0.6 is 0 Å². The van der Waals surface area contributed by atoms with E-state index in [1.807, 2.05) is 25.1 Å². The van der Waals surface area contributed by atoms with Crippen molar-refractivity contribution in [3.8, 4) is 0 Å². The van der Waals surface area contributed by atoms with E-state index in [1.165, 1.54) is 12.1 Å². The van der Waals surface area contributed by atoms with E-state index in [9.17, 15) is 10.1 Å². The number of nitro benzene ring substituents is 1. The summed E-state index contributed by atoms with van der Waals surface area (Å²) in [5.74, 6) is 0. The van der Waals surface area contributed by atoms with E-state index >= 15 is 0 Å². The van der Waals surface area contributed by atoms with Crippen LogP contribution in [0.4, 0.5) is 5.69 Å². The van der Waals surface area contributed by atoms with Crippen molar-refractivity contribution in [3.63, 3.8) is 0 Å². The summed E-state index contributed by atoms with van der Waals surface area (Å²) < 4.78 is 1.64. The highest BCUT2D eigenvalue weighted by molar-refractivity contribution is 5.33. The lowest BCUT2D eigenvalue weighted by atomic mass is 10.2. The molecule has 1 heterocycles. The Morgan fingerprint density at radius 1 is 1.26 bits per heavy atom. The number of rotatable bonds is 4. The Labute approximate surface area is 117 Å². The van der Waals surface area contributed by atoms with Crippen molar-refractivity contribution in [1.29, 1.82) is 0 Å². The number of nitro groups is 1. The molecule has 0 amide bonds. The topological polar surface area (TPSA) is 56.2 Å². The molecule has 0 bridgehead atoms. The fourth-order valence-electron chi connectivity index (χ4n) is 1.56. The highest BCUT2D eigenvalue weighted by Crippen LogP contribution is 2.12. The van der Waals surface area contributed by atoms with Crippen LogP contribution in [0.15, 0.2) is 48.7 Å². The van der Waals surface area contributed by atoms with Crippen molar-refractivity contribution in [2.24, 2.45) is 0 Å². The molecule has 5 nitrogen and oxygen atoms in total. The maximum atomic E-state index is 10.6. The molecule has 0 saturated carbocycles. The lowest BCUT2D eigenvalue weighted by Crippen LogP contribution is -3.00. The van der Waals surface area contributed by atoms with Gasteiger partial charge in [-0.15, -0.1) is 0 Å². The Morgan fingerprint density at radius 3 is 2.74 bits per heavy atom. The van der Waals surface area contributed by atoms with E-state index < -0.39 is 4.92 Å². The van der Waals surface area contributed by atoms with Crippen LogP contribution in [0.5, 0.6) is 0 Å². The highest BCUT2D eigenvalue weighted by Gasteiger charge is 2.09. The summed E-state index contributed by atoms with van der Waals surface area (Å²) in [6, 6.07) is 12.1. The number of aryl methyl sites for hydroxylation is 1. The summed E-state index contributed by atoms with van der Waals surface area (Å²) in [5, 5.41) is 10.6. The summed E-state index contributed by atoms with van der Waals surface area (Å²) >= 11 is 0. The van der Waals surface area contributed by atoms with Crippen molar-refractivity contribution < 1.29 is 26.9 Å². The van der Waals surface area contributed by atoms with Gasteiger partial charge in [-0.1, -0.05) is 12.1 Å². The van der Waals surface area contributed by atoms with Gasteiger partial charge in [-0.05, 0) is 6.07 Å². The van der Waals surface area contributed by atoms with Gasteiger partial charge in [0.2, 0.25) is 11.9 Å². The number of benzene rings is 1. The van der Waals surface area contributed by atoms with Gasteiger partial charge >= 0.3 is 0 Å². The Bertz CT molecular complexity index is 575. The number of nitrogens with zero attached hydrogens (tertiary/aromatic N) is 2. The quantitative estimate of drug-likeness (QED) is 0.403. The Morgan fingerprint density at radius 2 is 2.05 bits per heavy atom. The number of halogens is 1. The van der Waals surface area contributed by atoms with E-state index in [4.69, 9.17) is 4.84 Å². The molecule has 2 rings (SSSR count). The van der Waals surface area contributed by atoms with E-state index in [0.29, 0.717) is 0 Å². The van der Waals surface area contributed by atoms with Gasteiger partial charge in [0, 0.05) is 41.5 Å². The molecule has 0 aliphatic rings. The molecule has 1 aromatic heterocycles. The molecule has 0 atom stereocenters. The summed E-state index contributed by atoms with van der Waals surface area (Å²) in [7, 11) is 0. The van der Waals surface area contributed by atoms with E-state index in [1.54, 1.807) is 23.1 Å². The minimum Gasteiger partial charge on any atom is -1.00 e. The second-order valence-electron chi connectivity index (χ2n) is 3.87. The third-order valence-corrected chi connectivity index (χ3v) is 2.51. The molecule has 1 aromatic carbocycles. The van der Waals surface area contributed by atoms with Gasteiger partial charge in [-0.2, -0.15) is 0 Å². The van der Waals surface area contributed by atoms with Crippen molar-refractivity contribution >= 4 is 5.69 Å². The molecule has 100 valence electrons. The van der Waals surface area contributed by atoms with Gasteiger partial charge in [-0.25, -0.2) is 0 Å². The molecule has 19 heavy (non-hydrogen) atoms. The minimum absolute atomic E-state index is 0. The standard InChI is InChI=1S/C13H13N2O3.ClH/c1-11-5-2-3-8-14(11)18-10-12-6-4-7-13(9-12)15(16)17;/h2-9H,10H2,1H3;1H/q+1;/p-1. The monoisotopic (exact) mass is 280 g/mol. The van der Waals surface area contributed by atoms with Gasteiger partial charge in [0.05, 0.1) is 4.92 Å². The van der Waals surface area contributed by atoms with Crippen LogP contribution in [0.3, 0.4) is 0 Å². The van der Waals surface area contributed by atoms with Gasteiger partial charge in [-0.3, -0.25) is 15.0 Å². The molecular formula is C13H13ClN2O3. The average molecular weight is 281 g/mol. The second kappa shape index (κ2) is 6.70. The van der Waals surface area contributed by atoms with Crippen molar-refractivity contribution in [3.05, 3.63) is 70.0 Å². The lowest BCUT2D eigenvalue weighted by molar-refractivity contribution is -0.899. The molecule has 0 aliphatic carbocycles. The number of non-ortho nitro benzene ring substituents is 1. The van der Waals surface area contributed by atoms with Crippen LogP contribution in [-0.2, 0) is 6.61 Å². The Kier molecular flexibility index (Phi) is 5.26. The first-order chi connectivity index (χ1) is 8.66. The molecule has 2 aromatic rings. The number of aromatic nitrogens is 1. The fraction of sp³-hybridized carbons (Fsp3) is 0.154. The first-order valence-electron chi connectivity index (χ1n) is 5.51. The lowest BCUT2D eigenvalue weighted by Gasteiger charge is -2.01. The first-order valence-corrected chi connectivity index (χ1v) is 5.51. The smallest absolute Gasteiger partial charge is 0.269 e. The first kappa shape index (κ1) is 14.9. The molecule has 0 unspecified atom stereocenters. The van der Waals surface area contributed by atoms with Gasteiger partial charge in [0.1, 0.15) is 0 Å². The maximum absolute atomic E-state index is 10.6. The van der Waals surface area contributed by atoms with E-state index in [-0.39, 0.29) is 24.7 Å². The molecular weight excluding hydrogens is 268 g/mol. The van der Waals surface area contributed by atoms with Crippen molar-refractivity contribution in [2.45, 2.75) is 13.5 Å². The maximum Gasteiger partial charge on any atom is 0.269 e. The SMILES string of the molecule is Cc1cccc[n+]1OCc1cccc([N+](=O)[O-])c1.[Cl-]. The van der Waals surface area contributed by atoms with E-state index in [0.717, 1.165) is 11.3 Å². The highest BCUT2D eigenvalue weighted by atomic mass is 35.5. The molecule has 0 radical (unpaired) electrons. The molecule has 0 fully saturated rings. The van der Waals surface area contributed by atoms with Crippen LogP contribution < -0.4 is 22.0 Å².